The molecular weight excluding hydrogens is 985 g/mol. The van der Waals surface area contributed by atoms with E-state index in [-0.39, 0.29) is 53.6 Å². The Kier molecular flexibility index (Phi) is 9.24. The number of hydrogen-bond acceptors (Lipinski definition) is 6. The van der Waals surface area contributed by atoms with Crippen molar-refractivity contribution in [3.05, 3.63) is 151 Å². The molecule has 8 rings (SSSR count). The van der Waals surface area contributed by atoms with Gasteiger partial charge in [0.15, 0.2) is 0 Å². The maximum absolute atomic E-state index is 8.06. The predicted molar refractivity (Wildman–Crippen MR) is 185 cm³/mol. The molecule has 4 aromatic carbocycles. The van der Waals surface area contributed by atoms with Gasteiger partial charge in [0.05, 0.1) is 0 Å². The van der Waals surface area contributed by atoms with Crippen LogP contribution in [0.25, 0.3) is 50.3 Å². The van der Waals surface area contributed by atoms with E-state index in [9.17, 15) is 0 Å². The number of nitrogens with zero attached hydrogens (tertiary/aromatic N) is 5. The molecule has 7 nitrogen and oxygen atoms in total. The first kappa shape index (κ1) is 31.0. The minimum Gasteiger partial charge on any atom is -0.503 e. The van der Waals surface area contributed by atoms with Gasteiger partial charge in [-0.05, 0) is 49.8 Å². The van der Waals surface area contributed by atoms with Gasteiger partial charge in [0.1, 0.15) is 0 Å². The van der Waals surface area contributed by atoms with E-state index in [4.69, 9.17) is 23.6 Å². The average Bonchev–Trinajstić information content (AvgIpc) is 3.44. The van der Waals surface area contributed by atoms with Gasteiger partial charge in [-0.25, -0.2) is 9.97 Å². The number of pyridine rings is 2. The van der Waals surface area contributed by atoms with Crippen LogP contribution >= 0.6 is 0 Å². The van der Waals surface area contributed by atoms with Crippen LogP contribution in [0, 0.1) is 45.0 Å². The summed E-state index contributed by atoms with van der Waals surface area (Å²) in [6.07, 6.45) is 3.47. The number of aromatic nitrogens is 5. The fraction of sp³-hybridized carbons (Fsp3) is 0.0732. The van der Waals surface area contributed by atoms with E-state index in [0.29, 0.717) is 45.4 Å². The smallest absolute Gasteiger partial charge is 0.503 e. The van der Waals surface area contributed by atoms with Crippen LogP contribution in [-0.2, 0) is 42.1 Å². The normalized spacial score (nSPS) is 11.9. The van der Waals surface area contributed by atoms with Crippen LogP contribution in [0.15, 0.2) is 109 Å². The van der Waals surface area contributed by atoms with E-state index in [1.807, 2.05) is 97.1 Å². The molecule has 0 saturated carbocycles. The first-order valence-electron chi connectivity index (χ1n) is 16.7. The molecule has 0 unspecified atom stereocenters. The molecule has 0 saturated heterocycles. The van der Waals surface area contributed by atoms with Crippen molar-refractivity contribution in [3.63, 3.8) is 0 Å². The molecule has 0 aliphatic carbocycles. The zero-order valence-electron chi connectivity index (χ0n) is 29.6. The molecule has 0 N–H and O–H groups in total. The second-order valence-corrected chi connectivity index (χ2v) is 11.1. The van der Waals surface area contributed by atoms with Crippen molar-refractivity contribution in [2.45, 2.75) is 20.7 Å². The van der Waals surface area contributed by atoms with Crippen LogP contribution < -0.4 is 9.47 Å². The number of hydrogen-bond donors (Lipinski definition) is 0. The third kappa shape index (κ3) is 6.89. The van der Waals surface area contributed by atoms with Crippen LogP contribution in [-0.4, -0.2) is 24.5 Å². The standard InChI is InChI=1S/C41H27N5O2.2Pt/c1-26-27(2)44-41(45-28(26)3)46-39-24-33(47-31-12-8-10-29(22-31)37-14-4-6-20-42-37)16-18-35(39)36-19-17-34(25-40(36)46)48-32-13-9-11-30(23-32)38-15-5-7-21-43-38;;/h4-21H,1-3H3;;/q-4;2*+2/i1D3;;. The van der Waals surface area contributed by atoms with E-state index in [2.05, 4.69) is 34.2 Å². The fourth-order valence-corrected chi connectivity index (χ4v) is 5.54. The maximum Gasteiger partial charge on any atom is 2.00 e. The summed E-state index contributed by atoms with van der Waals surface area (Å²) in [5.41, 5.74) is 5.20. The fourth-order valence-electron chi connectivity index (χ4n) is 5.54. The van der Waals surface area contributed by atoms with Gasteiger partial charge < -0.3 is 24.0 Å². The first-order valence-corrected chi connectivity index (χ1v) is 15.2. The molecule has 4 aromatic heterocycles. The van der Waals surface area contributed by atoms with Crippen molar-refractivity contribution in [1.82, 2.24) is 24.5 Å². The van der Waals surface area contributed by atoms with Crippen LogP contribution in [0.5, 0.6) is 23.0 Å². The largest absolute Gasteiger partial charge is 2.00 e. The Balaban J connectivity index is 0.00000240. The molecule has 9 heteroatoms. The van der Waals surface area contributed by atoms with Gasteiger partial charge in [-0.3, -0.25) is 0 Å². The monoisotopic (exact) mass is 1010 g/mol. The zero-order valence-corrected chi connectivity index (χ0v) is 31.1. The van der Waals surface area contributed by atoms with Crippen LogP contribution in [0.2, 0.25) is 0 Å². The Bertz CT molecular complexity index is 2400. The molecule has 0 bridgehead atoms. The molecular formula is C41H27N5O2Pt2. The molecule has 248 valence electrons. The Morgan fingerprint density at radius 3 is 1.48 bits per heavy atom. The minimum absolute atomic E-state index is 0. The van der Waals surface area contributed by atoms with Gasteiger partial charge in [0, 0.05) is 50.9 Å². The van der Waals surface area contributed by atoms with Gasteiger partial charge in [-0.2, -0.15) is 22.9 Å². The van der Waals surface area contributed by atoms with Crippen LogP contribution in [0.4, 0.5) is 0 Å². The van der Waals surface area contributed by atoms with E-state index in [0.717, 1.165) is 33.3 Å². The molecule has 0 spiro atoms. The molecule has 8 aromatic rings. The summed E-state index contributed by atoms with van der Waals surface area (Å²) in [6.45, 7) is 0.993. The maximum atomic E-state index is 8.06. The molecule has 0 aliphatic rings. The van der Waals surface area contributed by atoms with Crippen molar-refractivity contribution < 1.29 is 55.7 Å². The summed E-state index contributed by atoms with van der Waals surface area (Å²) < 4.78 is 38.5. The number of ether oxygens (including phenoxy) is 2. The van der Waals surface area contributed by atoms with Gasteiger partial charge in [-0.1, -0.05) is 47.4 Å². The molecule has 0 fully saturated rings. The Hall–Kier alpha value is -4.96. The second kappa shape index (κ2) is 14.9. The van der Waals surface area contributed by atoms with Crippen molar-refractivity contribution >= 4 is 21.8 Å². The van der Waals surface area contributed by atoms with Crippen LogP contribution in [0.1, 0.15) is 21.1 Å². The topological polar surface area (TPSA) is 75.0 Å². The molecule has 0 radical (unpaired) electrons. The summed E-state index contributed by atoms with van der Waals surface area (Å²) >= 11 is 0. The Labute approximate surface area is 323 Å². The van der Waals surface area contributed by atoms with Crippen molar-refractivity contribution in [2.24, 2.45) is 0 Å². The number of rotatable bonds is 7. The molecule has 4 heterocycles. The van der Waals surface area contributed by atoms with Gasteiger partial charge in [-0.15, -0.1) is 71.8 Å². The third-order valence-corrected chi connectivity index (χ3v) is 7.85. The van der Waals surface area contributed by atoms with Gasteiger partial charge in [0.2, 0.25) is 5.95 Å². The summed E-state index contributed by atoms with van der Waals surface area (Å²) in [6, 6.07) is 43.6. The third-order valence-electron chi connectivity index (χ3n) is 7.85. The molecule has 50 heavy (non-hydrogen) atoms. The molecule has 0 atom stereocenters. The molecule has 0 amide bonds. The summed E-state index contributed by atoms with van der Waals surface area (Å²) in [5, 5.41) is 1.68. The summed E-state index contributed by atoms with van der Waals surface area (Å²) in [5.74, 6) is 2.13. The Morgan fingerprint density at radius 2 is 1.04 bits per heavy atom. The SMILES string of the molecule is [2H]C([2H])([2H])c1c(C)nc(-n2c3[c-]c(Oc4[c-]c(-c5ccccn5)ccc4)ccc3c3ccc(Oc4[c-]c(-c5ccccn5)ccc4)[c-]c32)nc1C.[Pt+2].[Pt+2]. The van der Waals surface area contributed by atoms with Crippen molar-refractivity contribution in [3.8, 4) is 51.5 Å². The van der Waals surface area contributed by atoms with Crippen molar-refractivity contribution in [2.75, 3.05) is 0 Å². The predicted octanol–water partition coefficient (Wildman–Crippen LogP) is 9.40. The van der Waals surface area contributed by atoms with E-state index in [1.54, 1.807) is 30.8 Å². The second-order valence-electron chi connectivity index (χ2n) is 11.1. The quantitative estimate of drug-likeness (QED) is 0.148. The first-order chi connectivity index (χ1) is 24.7. The summed E-state index contributed by atoms with van der Waals surface area (Å²) in [4.78, 5) is 18.3. The van der Waals surface area contributed by atoms with Crippen molar-refractivity contribution in [1.29, 1.82) is 0 Å². The Morgan fingerprint density at radius 1 is 0.560 bits per heavy atom. The van der Waals surface area contributed by atoms with E-state index >= 15 is 0 Å². The van der Waals surface area contributed by atoms with Gasteiger partial charge in [0.25, 0.3) is 0 Å². The zero-order chi connectivity index (χ0) is 35.1. The van der Waals surface area contributed by atoms with Gasteiger partial charge >= 0.3 is 42.1 Å². The number of aryl methyl sites for hydroxylation is 2. The average molecular weight is 1010 g/mol. The van der Waals surface area contributed by atoms with Crippen LogP contribution in [0.3, 0.4) is 0 Å². The number of benzene rings is 4. The molecule has 0 aliphatic heterocycles. The van der Waals surface area contributed by atoms with E-state index in [1.165, 1.54) is 0 Å². The number of fused-ring (bicyclic) bond motifs is 3. The van der Waals surface area contributed by atoms with E-state index < -0.39 is 6.85 Å². The summed E-state index contributed by atoms with van der Waals surface area (Å²) in [7, 11) is 0. The minimum atomic E-state index is -2.37.